The molecule has 0 bridgehead atoms. The zero-order valence-corrected chi connectivity index (χ0v) is 9.16. The van der Waals surface area contributed by atoms with Crippen LogP contribution in [0.1, 0.15) is 37.3 Å². The Morgan fingerprint density at radius 2 is 2.12 bits per heavy atom. The molecule has 1 aromatic rings. The van der Waals surface area contributed by atoms with Gasteiger partial charge in [0.15, 0.2) is 0 Å². The first-order chi connectivity index (χ1) is 7.74. The van der Waals surface area contributed by atoms with Gasteiger partial charge in [-0.15, -0.1) is 0 Å². The van der Waals surface area contributed by atoms with Gasteiger partial charge in [-0.1, -0.05) is 6.42 Å². The van der Waals surface area contributed by atoms with E-state index in [0.29, 0.717) is 5.92 Å². The summed E-state index contributed by atoms with van der Waals surface area (Å²) >= 11 is 0. The van der Waals surface area contributed by atoms with E-state index in [-0.39, 0.29) is 18.0 Å². The lowest BCUT2D eigenvalue weighted by Gasteiger charge is -2.39. The van der Waals surface area contributed by atoms with E-state index in [1.807, 2.05) is 0 Å². The minimum absolute atomic E-state index is 0.0787. The molecule has 2 nitrogen and oxygen atoms in total. The van der Waals surface area contributed by atoms with Crippen LogP contribution in [0.3, 0.4) is 0 Å². The number of rotatable bonds is 1. The van der Waals surface area contributed by atoms with Crippen LogP contribution < -0.4 is 10.5 Å². The van der Waals surface area contributed by atoms with Gasteiger partial charge in [0.1, 0.15) is 17.7 Å². The molecule has 0 radical (unpaired) electrons. The van der Waals surface area contributed by atoms with Crippen molar-refractivity contribution in [3.05, 3.63) is 29.6 Å². The highest BCUT2D eigenvalue weighted by molar-refractivity contribution is 5.38. The standard InChI is InChI=1S/C13H16FNO/c14-9-4-5-12-10(6-9)11(15)7-13(16-12)8-2-1-3-8/h4-6,8,11,13H,1-3,7,15H2/t11-,13?/m1/s1. The fourth-order valence-electron chi connectivity index (χ4n) is 2.61. The first kappa shape index (κ1) is 10.1. The van der Waals surface area contributed by atoms with E-state index in [4.69, 9.17) is 10.5 Å². The molecule has 1 aliphatic heterocycles. The van der Waals surface area contributed by atoms with E-state index in [9.17, 15) is 4.39 Å². The molecule has 2 aliphatic rings. The molecule has 3 rings (SSSR count). The van der Waals surface area contributed by atoms with Crippen LogP contribution in [0.4, 0.5) is 4.39 Å². The third-order valence-electron chi connectivity index (χ3n) is 3.81. The van der Waals surface area contributed by atoms with Gasteiger partial charge in [0.2, 0.25) is 0 Å². The smallest absolute Gasteiger partial charge is 0.124 e. The average molecular weight is 221 g/mol. The summed E-state index contributed by atoms with van der Waals surface area (Å²) in [7, 11) is 0. The summed E-state index contributed by atoms with van der Waals surface area (Å²) in [6.07, 6.45) is 4.85. The molecular formula is C13H16FNO. The summed E-state index contributed by atoms with van der Waals surface area (Å²) in [5.41, 5.74) is 6.89. The van der Waals surface area contributed by atoms with Crippen molar-refractivity contribution >= 4 is 0 Å². The molecule has 1 aromatic carbocycles. The SMILES string of the molecule is N[C@@H]1CC(C2CCC2)Oc2ccc(F)cc21. The molecule has 1 fully saturated rings. The Balaban J connectivity index is 1.87. The topological polar surface area (TPSA) is 35.2 Å². The molecule has 1 heterocycles. The molecule has 0 amide bonds. The third kappa shape index (κ3) is 1.59. The van der Waals surface area contributed by atoms with Crippen LogP contribution in [0, 0.1) is 11.7 Å². The minimum atomic E-state index is -0.236. The molecule has 1 unspecified atom stereocenters. The van der Waals surface area contributed by atoms with Gasteiger partial charge in [-0.25, -0.2) is 4.39 Å². The summed E-state index contributed by atoms with van der Waals surface area (Å²) in [6.45, 7) is 0. The molecule has 1 aliphatic carbocycles. The van der Waals surface area contributed by atoms with E-state index in [1.165, 1.54) is 31.4 Å². The Labute approximate surface area is 94.6 Å². The maximum atomic E-state index is 13.1. The van der Waals surface area contributed by atoms with Crippen molar-refractivity contribution in [1.82, 2.24) is 0 Å². The summed E-state index contributed by atoms with van der Waals surface area (Å²) in [4.78, 5) is 0. The molecular weight excluding hydrogens is 205 g/mol. The number of nitrogens with two attached hydrogens (primary N) is 1. The van der Waals surface area contributed by atoms with Crippen LogP contribution in [0.2, 0.25) is 0 Å². The molecule has 16 heavy (non-hydrogen) atoms. The van der Waals surface area contributed by atoms with Crippen molar-refractivity contribution < 1.29 is 9.13 Å². The van der Waals surface area contributed by atoms with E-state index in [1.54, 1.807) is 6.07 Å². The molecule has 3 heteroatoms. The van der Waals surface area contributed by atoms with Crippen LogP contribution in [0.15, 0.2) is 18.2 Å². The quantitative estimate of drug-likeness (QED) is 0.791. The zero-order chi connectivity index (χ0) is 11.1. The van der Waals surface area contributed by atoms with Gasteiger partial charge in [0, 0.05) is 18.0 Å². The highest BCUT2D eigenvalue weighted by Gasteiger charge is 2.34. The third-order valence-corrected chi connectivity index (χ3v) is 3.81. The lowest BCUT2D eigenvalue weighted by atomic mass is 9.77. The van der Waals surface area contributed by atoms with Gasteiger partial charge in [0.25, 0.3) is 0 Å². The Kier molecular flexibility index (Phi) is 2.36. The summed E-state index contributed by atoms with van der Waals surface area (Å²) < 4.78 is 19.0. The number of halogens is 1. The van der Waals surface area contributed by atoms with Gasteiger partial charge in [-0.3, -0.25) is 0 Å². The first-order valence-electron chi connectivity index (χ1n) is 5.96. The second-order valence-corrected chi connectivity index (χ2v) is 4.87. The molecule has 2 atom stereocenters. The van der Waals surface area contributed by atoms with E-state index in [2.05, 4.69) is 0 Å². The van der Waals surface area contributed by atoms with Crippen LogP contribution >= 0.6 is 0 Å². The van der Waals surface area contributed by atoms with Gasteiger partial charge in [-0.05, 0) is 37.0 Å². The van der Waals surface area contributed by atoms with Crippen LogP contribution in [-0.4, -0.2) is 6.10 Å². The maximum Gasteiger partial charge on any atom is 0.124 e. The van der Waals surface area contributed by atoms with Crippen molar-refractivity contribution in [3.8, 4) is 5.75 Å². The summed E-state index contributed by atoms with van der Waals surface area (Å²) in [6, 6.07) is 4.56. The van der Waals surface area contributed by atoms with Crippen molar-refractivity contribution in [1.29, 1.82) is 0 Å². The van der Waals surface area contributed by atoms with Crippen LogP contribution in [0.25, 0.3) is 0 Å². The Morgan fingerprint density at radius 3 is 2.81 bits per heavy atom. The van der Waals surface area contributed by atoms with Gasteiger partial charge in [0.05, 0.1) is 0 Å². The van der Waals surface area contributed by atoms with E-state index in [0.717, 1.165) is 17.7 Å². The van der Waals surface area contributed by atoms with E-state index < -0.39 is 0 Å². The molecule has 86 valence electrons. The fourth-order valence-corrected chi connectivity index (χ4v) is 2.61. The Bertz CT molecular complexity index is 403. The number of hydrogen-bond acceptors (Lipinski definition) is 2. The average Bonchev–Trinajstić information content (AvgIpc) is 2.17. The normalized spacial score (nSPS) is 29.1. The molecule has 0 saturated heterocycles. The highest BCUT2D eigenvalue weighted by atomic mass is 19.1. The van der Waals surface area contributed by atoms with Crippen molar-refractivity contribution in [3.63, 3.8) is 0 Å². The summed E-state index contributed by atoms with van der Waals surface area (Å²) in [5.74, 6) is 1.20. The second-order valence-electron chi connectivity index (χ2n) is 4.87. The lowest BCUT2D eigenvalue weighted by molar-refractivity contribution is 0.0578. The van der Waals surface area contributed by atoms with Crippen molar-refractivity contribution in [2.24, 2.45) is 11.7 Å². The largest absolute Gasteiger partial charge is 0.490 e. The number of fused-ring (bicyclic) bond motifs is 1. The van der Waals surface area contributed by atoms with E-state index >= 15 is 0 Å². The maximum absolute atomic E-state index is 13.1. The van der Waals surface area contributed by atoms with Crippen LogP contribution in [0.5, 0.6) is 5.75 Å². The number of hydrogen-bond donors (Lipinski definition) is 1. The van der Waals surface area contributed by atoms with Crippen molar-refractivity contribution in [2.75, 3.05) is 0 Å². The van der Waals surface area contributed by atoms with Gasteiger partial charge >= 0.3 is 0 Å². The fraction of sp³-hybridized carbons (Fsp3) is 0.538. The zero-order valence-electron chi connectivity index (χ0n) is 9.16. The molecule has 1 saturated carbocycles. The molecule has 0 aromatic heterocycles. The number of ether oxygens (including phenoxy) is 1. The van der Waals surface area contributed by atoms with Gasteiger partial charge < -0.3 is 10.5 Å². The first-order valence-corrected chi connectivity index (χ1v) is 5.96. The minimum Gasteiger partial charge on any atom is -0.490 e. The predicted octanol–water partition coefficient (Wildman–Crippen LogP) is 2.78. The highest BCUT2D eigenvalue weighted by Crippen LogP contribution is 2.41. The monoisotopic (exact) mass is 221 g/mol. The van der Waals surface area contributed by atoms with Crippen LogP contribution in [-0.2, 0) is 0 Å². The summed E-state index contributed by atoms with van der Waals surface area (Å²) in [5, 5.41) is 0. The predicted molar refractivity (Wildman–Crippen MR) is 59.7 cm³/mol. The Hall–Kier alpha value is -1.09. The second kappa shape index (κ2) is 3.74. The molecule has 0 spiro atoms. The molecule has 2 N–H and O–H groups in total. The van der Waals surface area contributed by atoms with Crippen molar-refractivity contribution in [2.45, 2.75) is 37.8 Å². The number of benzene rings is 1. The lowest BCUT2D eigenvalue weighted by Crippen LogP contribution is -2.38. The Morgan fingerprint density at radius 1 is 1.31 bits per heavy atom. The van der Waals surface area contributed by atoms with Gasteiger partial charge in [-0.2, -0.15) is 0 Å².